The highest BCUT2D eigenvalue weighted by atomic mass is 16.4. The van der Waals surface area contributed by atoms with E-state index in [1.54, 1.807) is 11.9 Å². The first kappa shape index (κ1) is 14.5. The minimum atomic E-state index is -0.869. The second-order valence-corrected chi connectivity index (χ2v) is 5.27. The SMILES string of the molecule is CN(Cc1ccccc1)C(=O)CNC(C(=O)O)C1CC1. The summed E-state index contributed by atoms with van der Waals surface area (Å²) < 4.78 is 0. The molecule has 2 N–H and O–H groups in total. The van der Waals surface area contributed by atoms with Crippen molar-refractivity contribution in [2.45, 2.75) is 25.4 Å². The van der Waals surface area contributed by atoms with Gasteiger partial charge in [0.05, 0.1) is 6.54 Å². The standard InChI is InChI=1S/C15H20N2O3/c1-17(10-11-5-3-2-4-6-11)13(18)9-16-14(15(19)20)12-7-8-12/h2-6,12,14,16H,7-10H2,1H3,(H,19,20). The van der Waals surface area contributed by atoms with Crippen LogP contribution in [0.1, 0.15) is 18.4 Å². The molecule has 0 aliphatic heterocycles. The number of nitrogens with zero attached hydrogens (tertiary/aromatic N) is 1. The molecule has 1 aromatic carbocycles. The van der Waals surface area contributed by atoms with E-state index in [0.29, 0.717) is 6.54 Å². The van der Waals surface area contributed by atoms with Gasteiger partial charge in [-0.1, -0.05) is 30.3 Å². The Morgan fingerprint density at radius 3 is 2.55 bits per heavy atom. The Balaban J connectivity index is 1.80. The van der Waals surface area contributed by atoms with Crippen LogP contribution in [0.15, 0.2) is 30.3 Å². The number of hydrogen-bond donors (Lipinski definition) is 2. The van der Waals surface area contributed by atoms with Gasteiger partial charge in [0.1, 0.15) is 6.04 Å². The first-order valence-electron chi connectivity index (χ1n) is 6.82. The molecule has 0 heterocycles. The molecule has 0 saturated heterocycles. The van der Waals surface area contributed by atoms with Crippen molar-refractivity contribution in [2.75, 3.05) is 13.6 Å². The predicted octanol–water partition coefficient (Wildman–Crippen LogP) is 1.10. The van der Waals surface area contributed by atoms with E-state index in [9.17, 15) is 9.59 Å². The fourth-order valence-corrected chi connectivity index (χ4v) is 2.16. The average molecular weight is 276 g/mol. The van der Waals surface area contributed by atoms with Gasteiger partial charge < -0.3 is 10.0 Å². The summed E-state index contributed by atoms with van der Waals surface area (Å²) in [6.45, 7) is 0.597. The number of hydrogen-bond acceptors (Lipinski definition) is 3. The van der Waals surface area contributed by atoms with Crippen LogP contribution in [0.25, 0.3) is 0 Å². The monoisotopic (exact) mass is 276 g/mol. The molecule has 0 bridgehead atoms. The van der Waals surface area contributed by atoms with Gasteiger partial charge >= 0.3 is 5.97 Å². The van der Waals surface area contributed by atoms with Gasteiger partial charge in [-0.05, 0) is 24.3 Å². The van der Waals surface area contributed by atoms with Gasteiger partial charge in [0.25, 0.3) is 0 Å². The summed E-state index contributed by atoms with van der Waals surface area (Å²) in [5, 5.41) is 11.9. The predicted molar refractivity (Wildman–Crippen MR) is 75.1 cm³/mol. The molecule has 1 unspecified atom stereocenters. The van der Waals surface area contributed by atoms with Crippen LogP contribution in [0.3, 0.4) is 0 Å². The molecule has 0 radical (unpaired) electrons. The Hall–Kier alpha value is -1.88. The number of aliphatic carboxylic acids is 1. The van der Waals surface area contributed by atoms with E-state index in [0.717, 1.165) is 18.4 Å². The minimum absolute atomic E-state index is 0.0663. The van der Waals surface area contributed by atoms with E-state index in [-0.39, 0.29) is 18.4 Å². The summed E-state index contributed by atoms with van der Waals surface area (Å²) >= 11 is 0. The summed E-state index contributed by atoms with van der Waals surface area (Å²) in [6, 6.07) is 9.12. The van der Waals surface area contributed by atoms with Gasteiger partial charge in [-0.2, -0.15) is 0 Å². The number of carbonyl (C=O) groups is 2. The molecule has 1 aliphatic carbocycles. The summed E-state index contributed by atoms with van der Waals surface area (Å²) in [7, 11) is 1.73. The normalized spacial score (nSPS) is 15.7. The lowest BCUT2D eigenvalue weighted by Crippen LogP contribution is -2.44. The van der Waals surface area contributed by atoms with E-state index in [4.69, 9.17) is 5.11 Å². The largest absolute Gasteiger partial charge is 0.480 e. The molecular weight excluding hydrogens is 256 g/mol. The second-order valence-electron chi connectivity index (χ2n) is 5.27. The Bertz CT molecular complexity index is 471. The van der Waals surface area contributed by atoms with E-state index >= 15 is 0 Å². The van der Waals surface area contributed by atoms with Crippen molar-refractivity contribution in [3.63, 3.8) is 0 Å². The number of carboxylic acids is 1. The molecule has 20 heavy (non-hydrogen) atoms. The lowest BCUT2D eigenvalue weighted by atomic mass is 10.2. The number of likely N-dealkylation sites (N-methyl/N-ethyl adjacent to an activating group) is 1. The fraction of sp³-hybridized carbons (Fsp3) is 0.467. The molecule has 1 fully saturated rings. The summed E-state index contributed by atoms with van der Waals surface area (Å²) in [4.78, 5) is 24.7. The maximum Gasteiger partial charge on any atom is 0.320 e. The third-order valence-corrected chi connectivity index (χ3v) is 3.52. The van der Waals surface area contributed by atoms with Gasteiger partial charge in [0, 0.05) is 13.6 Å². The van der Waals surface area contributed by atoms with Crippen LogP contribution in [0.5, 0.6) is 0 Å². The van der Waals surface area contributed by atoms with Crippen LogP contribution in [0.4, 0.5) is 0 Å². The van der Waals surface area contributed by atoms with Gasteiger partial charge in [0.15, 0.2) is 0 Å². The van der Waals surface area contributed by atoms with Crippen molar-refractivity contribution in [3.05, 3.63) is 35.9 Å². The summed E-state index contributed by atoms with van der Waals surface area (Å²) in [5.74, 6) is -0.786. The Morgan fingerprint density at radius 1 is 1.35 bits per heavy atom. The lowest BCUT2D eigenvalue weighted by molar-refractivity contribution is -0.140. The first-order chi connectivity index (χ1) is 9.58. The second kappa shape index (κ2) is 6.52. The highest BCUT2D eigenvalue weighted by Crippen LogP contribution is 2.32. The molecular formula is C15H20N2O3. The molecule has 2 rings (SSSR count). The van der Waals surface area contributed by atoms with Gasteiger partial charge in [-0.15, -0.1) is 0 Å². The fourth-order valence-electron chi connectivity index (χ4n) is 2.16. The minimum Gasteiger partial charge on any atom is -0.480 e. The maximum atomic E-state index is 12.0. The number of benzene rings is 1. The van der Waals surface area contributed by atoms with Gasteiger partial charge in [-0.25, -0.2) is 0 Å². The lowest BCUT2D eigenvalue weighted by Gasteiger charge is -2.19. The average Bonchev–Trinajstić information content (AvgIpc) is 3.24. The van der Waals surface area contributed by atoms with Crippen LogP contribution >= 0.6 is 0 Å². The van der Waals surface area contributed by atoms with Crippen LogP contribution in [-0.4, -0.2) is 41.5 Å². The Morgan fingerprint density at radius 2 is 2.00 bits per heavy atom. The van der Waals surface area contributed by atoms with Crippen molar-refractivity contribution in [1.82, 2.24) is 10.2 Å². The maximum absolute atomic E-state index is 12.0. The van der Waals surface area contributed by atoms with Crippen molar-refractivity contribution in [1.29, 1.82) is 0 Å². The zero-order valence-corrected chi connectivity index (χ0v) is 11.6. The van der Waals surface area contributed by atoms with Crippen molar-refractivity contribution in [3.8, 4) is 0 Å². The highest BCUT2D eigenvalue weighted by Gasteiger charge is 2.36. The van der Waals surface area contributed by atoms with Crippen LogP contribution < -0.4 is 5.32 Å². The summed E-state index contributed by atoms with van der Waals surface area (Å²) in [5.41, 5.74) is 1.06. The zero-order chi connectivity index (χ0) is 14.5. The van der Waals surface area contributed by atoms with Crippen molar-refractivity contribution in [2.24, 2.45) is 5.92 Å². The molecule has 0 spiro atoms. The number of carboxylic acid groups (broad SMARTS) is 1. The molecule has 0 aromatic heterocycles. The third-order valence-electron chi connectivity index (χ3n) is 3.52. The third kappa shape index (κ3) is 4.06. The van der Waals surface area contributed by atoms with E-state index < -0.39 is 12.0 Å². The summed E-state index contributed by atoms with van der Waals surface area (Å²) in [6.07, 6.45) is 1.86. The van der Waals surface area contributed by atoms with Crippen LogP contribution in [0, 0.1) is 5.92 Å². The van der Waals surface area contributed by atoms with Crippen LogP contribution in [-0.2, 0) is 16.1 Å². The zero-order valence-electron chi connectivity index (χ0n) is 11.6. The first-order valence-corrected chi connectivity index (χ1v) is 6.82. The highest BCUT2D eigenvalue weighted by molar-refractivity contribution is 5.80. The molecule has 1 saturated carbocycles. The molecule has 108 valence electrons. The number of nitrogens with one attached hydrogen (secondary N) is 1. The molecule has 1 aromatic rings. The molecule has 5 heteroatoms. The van der Waals surface area contributed by atoms with E-state index in [1.807, 2.05) is 30.3 Å². The van der Waals surface area contributed by atoms with Gasteiger partial charge in [-0.3, -0.25) is 14.9 Å². The van der Waals surface area contributed by atoms with E-state index in [1.165, 1.54) is 0 Å². The van der Waals surface area contributed by atoms with Crippen LogP contribution in [0.2, 0.25) is 0 Å². The Labute approximate surface area is 118 Å². The van der Waals surface area contributed by atoms with E-state index in [2.05, 4.69) is 5.32 Å². The number of rotatable bonds is 7. The smallest absolute Gasteiger partial charge is 0.320 e. The van der Waals surface area contributed by atoms with Crippen molar-refractivity contribution < 1.29 is 14.7 Å². The molecule has 5 nitrogen and oxygen atoms in total. The quantitative estimate of drug-likeness (QED) is 0.782. The Kier molecular flexibility index (Phi) is 4.74. The van der Waals surface area contributed by atoms with Crippen molar-refractivity contribution >= 4 is 11.9 Å². The number of amides is 1. The molecule has 1 aliphatic rings. The topological polar surface area (TPSA) is 69.6 Å². The van der Waals surface area contributed by atoms with Gasteiger partial charge in [0.2, 0.25) is 5.91 Å². The molecule has 1 atom stereocenters. The molecule has 1 amide bonds. The number of carbonyl (C=O) groups excluding carboxylic acids is 1.